The Morgan fingerprint density at radius 1 is 1.13 bits per heavy atom. The van der Waals surface area contributed by atoms with E-state index in [4.69, 9.17) is 11.5 Å². The summed E-state index contributed by atoms with van der Waals surface area (Å²) < 4.78 is 0. The quantitative estimate of drug-likeness (QED) is 0.291. The average molecular weight is 526 g/mol. The summed E-state index contributed by atoms with van der Waals surface area (Å²) in [5.74, 6) is -0.0249. The summed E-state index contributed by atoms with van der Waals surface area (Å²) in [4.78, 5) is 25.7. The molecular formula is C28H31N9O2. The number of carbonyl (C=O) groups is 2. The van der Waals surface area contributed by atoms with Gasteiger partial charge in [-0.15, -0.1) is 10.2 Å². The van der Waals surface area contributed by atoms with E-state index in [1.165, 1.54) is 0 Å². The number of piperidine rings is 1. The van der Waals surface area contributed by atoms with Gasteiger partial charge < -0.3 is 21.7 Å². The Labute approximate surface area is 226 Å². The van der Waals surface area contributed by atoms with E-state index in [9.17, 15) is 14.9 Å². The van der Waals surface area contributed by atoms with Gasteiger partial charge in [0, 0.05) is 35.5 Å². The van der Waals surface area contributed by atoms with Crippen LogP contribution in [0.1, 0.15) is 63.9 Å². The molecule has 0 spiro atoms. The number of amides is 2. The molecule has 200 valence electrons. The maximum Gasteiger partial charge on any atom is 0.248 e. The number of aromatic amines is 1. The predicted molar refractivity (Wildman–Crippen MR) is 143 cm³/mol. The minimum Gasteiger partial charge on any atom is -0.366 e. The Morgan fingerprint density at radius 3 is 2.21 bits per heavy atom. The summed E-state index contributed by atoms with van der Waals surface area (Å²) >= 11 is 0. The highest BCUT2D eigenvalue weighted by Crippen LogP contribution is 2.49. The number of fused-ring (bicyclic) bond motifs is 1. The average Bonchev–Trinajstić information content (AvgIpc) is 3.31. The number of benzene rings is 2. The zero-order chi connectivity index (χ0) is 27.7. The number of nitrogens with zero attached hydrogens (tertiary/aromatic N) is 5. The van der Waals surface area contributed by atoms with Crippen LogP contribution in [-0.4, -0.2) is 62.0 Å². The summed E-state index contributed by atoms with van der Waals surface area (Å²) in [7, 11) is 0. The van der Waals surface area contributed by atoms with E-state index in [1.54, 1.807) is 24.3 Å². The van der Waals surface area contributed by atoms with Crippen LogP contribution in [0.15, 0.2) is 60.8 Å². The van der Waals surface area contributed by atoms with Crippen molar-refractivity contribution in [1.82, 2.24) is 30.8 Å². The Morgan fingerprint density at radius 2 is 1.72 bits per heavy atom. The maximum atomic E-state index is 11.8. The van der Waals surface area contributed by atoms with Crippen LogP contribution in [-0.2, 0) is 5.41 Å². The molecule has 11 heteroatoms. The molecule has 2 aromatic carbocycles. The lowest BCUT2D eigenvalue weighted by Gasteiger charge is -2.35. The molecule has 4 atom stereocenters. The molecule has 1 aliphatic carbocycles. The highest BCUT2D eigenvalue weighted by molar-refractivity contribution is 5.93. The number of nitrogens with one attached hydrogen (secondary N) is 2. The topological polar surface area (TPSA) is 180 Å². The third-order valence-corrected chi connectivity index (χ3v) is 7.94. The maximum absolute atomic E-state index is 11.8. The number of nitriles is 1. The first-order valence-corrected chi connectivity index (χ1v) is 12.9. The molecular weight excluding hydrogens is 494 g/mol. The Hall–Kier alpha value is -4.56. The Kier molecular flexibility index (Phi) is 6.89. The molecule has 1 saturated carbocycles. The number of primary amides is 2. The SMILES string of the molecule is C=C(CN[C@@H](C)CC(c1ccc(C(N)=O)cc1)(c1ccc(C(N)=O)cc1)c1nn[nH]n1)N1C(C#N)C[C@@H]2CC21. The van der Waals surface area contributed by atoms with Crippen molar-refractivity contribution in [1.29, 1.82) is 5.26 Å². The molecule has 3 aromatic rings. The van der Waals surface area contributed by atoms with Crippen LogP contribution in [0.3, 0.4) is 0 Å². The van der Waals surface area contributed by atoms with Gasteiger partial charge in [0.15, 0.2) is 5.82 Å². The van der Waals surface area contributed by atoms with Crippen molar-refractivity contribution in [2.24, 2.45) is 17.4 Å². The molecule has 39 heavy (non-hydrogen) atoms. The van der Waals surface area contributed by atoms with E-state index < -0.39 is 17.2 Å². The smallest absolute Gasteiger partial charge is 0.248 e. The minimum atomic E-state index is -0.905. The second-order valence-corrected chi connectivity index (χ2v) is 10.4. The molecule has 2 amide bonds. The van der Waals surface area contributed by atoms with E-state index in [0.29, 0.717) is 41.9 Å². The summed E-state index contributed by atoms with van der Waals surface area (Å²) in [6.45, 7) is 6.86. The molecule has 1 saturated heterocycles. The second-order valence-electron chi connectivity index (χ2n) is 10.4. The zero-order valence-corrected chi connectivity index (χ0v) is 21.7. The van der Waals surface area contributed by atoms with E-state index >= 15 is 0 Å². The normalized spacial score (nSPS) is 20.6. The molecule has 1 aromatic heterocycles. The van der Waals surface area contributed by atoms with Crippen LogP contribution in [0, 0.1) is 17.2 Å². The van der Waals surface area contributed by atoms with Gasteiger partial charge in [0.05, 0.1) is 11.5 Å². The van der Waals surface area contributed by atoms with Crippen LogP contribution >= 0.6 is 0 Å². The Balaban J connectivity index is 1.48. The fourth-order valence-electron chi connectivity index (χ4n) is 5.87. The van der Waals surface area contributed by atoms with Gasteiger partial charge in [0.1, 0.15) is 6.04 Å². The third-order valence-electron chi connectivity index (χ3n) is 7.94. The lowest BCUT2D eigenvalue weighted by molar-refractivity contribution is 0.0992. The van der Waals surface area contributed by atoms with Gasteiger partial charge in [-0.1, -0.05) is 36.1 Å². The zero-order valence-electron chi connectivity index (χ0n) is 21.7. The Bertz CT molecular complexity index is 1350. The van der Waals surface area contributed by atoms with Crippen molar-refractivity contribution >= 4 is 11.8 Å². The molecule has 2 fully saturated rings. The molecule has 2 heterocycles. The first-order valence-electron chi connectivity index (χ1n) is 12.9. The molecule has 11 nitrogen and oxygen atoms in total. The fourth-order valence-corrected chi connectivity index (χ4v) is 5.87. The molecule has 2 aliphatic rings. The number of hydrogen-bond acceptors (Lipinski definition) is 8. The van der Waals surface area contributed by atoms with E-state index in [0.717, 1.165) is 29.7 Å². The fraction of sp³-hybridized carbons (Fsp3) is 0.357. The largest absolute Gasteiger partial charge is 0.366 e. The van der Waals surface area contributed by atoms with Gasteiger partial charge in [-0.05, 0) is 67.5 Å². The monoisotopic (exact) mass is 525 g/mol. The standard InChI is InChI=1S/C28H31N9O2/c1-16(32-15-17(2)37-23(14-29)11-20-12-24(20)37)13-28(27-33-35-36-34-27,21-7-3-18(4-8-21)25(30)38)22-9-5-19(6-10-22)26(31)39/h3-10,16,20,23-24,32H,2,11-13,15H2,1H3,(H2,30,38)(H2,31,39)(H,33,34,35,36)/t16-,20+,23?,24?/m0/s1. The lowest BCUT2D eigenvalue weighted by Crippen LogP contribution is -2.42. The summed E-state index contributed by atoms with van der Waals surface area (Å²) in [6.07, 6.45) is 2.52. The second kappa shape index (κ2) is 10.3. The van der Waals surface area contributed by atoms with Gasteiger partial charge in [-0.2, -0.15) is 10.5 Å². The van der Waals surface area contributed by atoms with Crippen molar-refractivity contribution in [3.8, 4) is 6.07 Å². The van der Waals surface area contributed by atoms with E-state index in [-0.39, 0.29) is 12.1 Å². The van der Waals surface area contributed by atoms with Gasteiger partial charge in [0.25, 0.3) is 0 Å². The number of aromatic nitrogens is 4. The summed E-state index contributed by atoms with van der Waals surface area (Å²) in [5, 5.41) is 28.3. The lowest BCUT2D eigenvalue weighted by atomic mass is 9.69. The van der Waals surface area contributed by atoms with Crippen LogP contribution in [0.4, 0.5) is 0 Å². The number of nitrogens with two attached hydrogens (primary N) is 2. The van der Waals surface area contributed by atoms with Crippen molar-refractivity contribution in [3.63, 3.8) is 0 Å². The third kappa shape index (κ3) is 4.86. The van der Waals surface area contributed by atoms with E-state index in [1.807, 2.05) is 24.3 Å². The van der Waals surface area contributed by atoms with Crippen molar-refractivity contribution in [2.75, 3.05) is 6.54 Å². The number of rotatable bonds is 11. The van der Waals surface area contributed by atoms with Crippen molar-refractivity contribution < 1.29 is 9.59 Å². The first-order chi connectivity index (χ1) is 18.7. The predicted octanol–water partition coefficient (Wildman–Crippen LogP) is 1.60. The number of H-pyrrole nitrogens is 1. The summed E-state index contributed by atoms with van der Waals surface area (Å²) in [6, 6.07) is 16.7. The van der Waals surface area contributed by atoms with Crippen LogP contribution in [0.5, 0.6) is 0 Å². The summed E-state index contributed by atoms with van der Waals surface area (Å²) in [5.41, 5.74) is 13.4. The van der Waals surface area contributed by atoms with Gasteiger partial charge in [-0.25, -0.2) is 0 Å². The van der Waals surface area contributed by atoms with Gasteiger partial charge in [-0.3, -0.25) is 9.59 Å². The number of tetrazole rings is 1. The minimum absolute atomic E-state index is 0.0787. The number of carbonyl (C=O) groups excluding carboxylic acids is 2. The molecule has 2 unspecified atom stereocenters. The highest BCUT2D eigenvalue weighted by Gasteiger charge is 2.52. The number of hydrogen-bond donors (Lipinski definition) is 4. The van der Waals surface area contributed by atoms with Gasteiger partial charge in [0.2, 0.25) is 11.8 Å². The first kappa shape index (κ1) is 26.1. The van der Waals surface area contributed by atoms with Crippen molar-refractivity contribution in [2.45, 2.75) is 49.7 Å². The molecule has 0 radical (unpaired) electrons. The number of likely N-dealkylation sites (tertiary alicyclic amines) is 1. The molecule has 6 N–H and O–H groups in total. The van der Waals surface area contributed by atoms with E-state index in [2.05, 4.69) is 50.4 Å². The van der Waals surface area contributed by atoms with Crippen LogP contribution in [0.25, 0.3) is 0 Å². The molecule has 5 rings (SSSR count). The highest BCUT2D eigenvalue weighted by atomic mass is 16.1. The van der Waals surface area contributed by atoms with Gasteiger partial charge >= 0.3 is 0 Å². The van der Waals surface area contributed by atoms with Crippen LogP contribution < -0.4 is 16.8 Å². The van der Waals surface area contributed by atoms with Crippen LogP contribution in [0.2, 0.25) is 0 Å². The van der Waals surface area contributed by atoms with Crippen molar-refractivity contribution in [3.05, 3.63) is 88.9 Å². The molecule has 0 bridgehead atoms. The molecule has 1 aliphatic heterocycles.